The Morgan fingerprint density at radius 3 is 2.64 bits per heavy atom. The fraction of sp³-hybridized carbons (Fsp3) is 0.296. The molecule has 1 saturated heterocycles. The zero-order valence-electron chi connectivity index (χ0n) is 21.0. The van der Waals surface area contributed by atoms with E-state index >= 15 is 0 Å². The highest BCUT2D eigenvalue weighted by Gasteiger charge is 2.28. The van der Waals surface area contributed by atoms with E-state index in [9.17, 15) is 14.4 Å². The van der Waals surface area contributed by atoms with Crippen LogP contribution in [0.2, 0.25) is 5.02 Å². The van der Waals surface area contributed by atoms with Crippen LogP contribution in [0, 0.1) is 5.92 Å². The second-order valence-corrected chi connectivity index (χ2v) is 9.92. The predicted molar refractivity (Wildman–Crippen MR) is 148 cm³/mol. The minimum absolute atomic E-state index is 0.102. The quantitative estimate of drug-likeness (QED) is 0.326. The van der Waals surface area contributed by atoms with Crippen LogP contribution in [0.1, 0.15) is 24.0 Å². The third kappa shape index (κ3) is 6.55. The summed E-state index contributed by atoms with van der Waals surface area (Å²) >= 11 is 6.35. The highest BCUT2D eigenvalue weighted by molar-refractivity contribution is 6.32. The highest BCUT2D eigenvalue weighted by atomic mass is 35.5. The first-order chi connectivity index (χ1) is 18.8. The molecule has 6 bridgehead atoms. The molecule has 1 fully saturated rings. The van der Waals surface area contributed by atoms with Crippen molar-refractivity contribution in [3.8, 4) is 0 Å². The number of hydrogen-bond acceptors (Lipinski definition) is 7. The lowest BCUT2D eigenvalue weighted by atomic mass is 9.95. The van der Waals surface area contributed by atoms with Gasteiger partial charge in [-0.05, 0) is 67.1 Å². The first-order valence-corrected chi connectivity index (χ1v) is 13.1. The highest BCUT2D eigenvalue weighted by Crippen LogP contribution is 2.30. The maximum Gasteiger partial charge on any atom is 0.323 e. The second kappa shape index (κ2) is 11.6. The summed E-state index contributed by atoms with van der Waals surface area (Å²) in [5.41, 5.74) is 4.45. The number of benzene rings is 2. The normalized spacial score (nSPS) is 14.9. The summed E-state index contributed by atoms with van der Waals surface area (Å²) < 4.78 is 0. The van der Waals surface area contributed by atoms with Crippen LogP contribution < -0.4 is 21.3 Å². The molecule has 2 aliphatic rings. The van der Waals surface area contributed by atoms with Crippen molar-refractivity contribution in [1.82, 2.24) is 20.2 Å². The van der Waals surface area contributed by atoms with Gasteiger partial charge in [-0.15, -0.1) is 0 Å². The molecule has 3 aromatic rings. The van der Waals surface area contributed by atoms with E-state index in [1.807, 2.05) is 36.4 Å². The first-order valence-electron chi connectivity index (χ1n) is 12.7. The summed E-state index contributed by atoms with van der Waals surface area (Å²) in [4.78, 5) is 46.4. The van der Waals surface area contributed by atoms with Gasteiger partial charge < -0.3 is 31.3 Å². The average molecular weight is 550 g/mol. The number of hydrogen-bond donors (Lipinski definition) is 5. The average Bonchev–Trinajstić information content (AvgIpc) is 2.93. The van der Waals surface area contributed by atoms with Crippen molar-refractivity contribution in [2.24, 2.45) is 5.92 Å². The molecule has 5 N–H and O–H groups in total. The maximum absolute atomic E-state index is 13.2. The van der Waals surface area contributed by atoms with Crippen molar-refractivity contribution in [2.45, 2.75) is 25.7 Å². The predicted octanol–water partition coefficient (Wildman–Crippen LogP) is 4.16. The van der Waals surface area contributed by atoms with Crippen molar-refractivity contribution in [3.05, 3.63) is 64.8 Å². The van der Waals surface area contributed by atoms with Gasteiger partial charge in [0.05, 0.1) is 6.20 Å². The summed E-state index contributed by atoms with van der Waals surface area (Å²) in [6, 6.07) is 13.3. The molecule has 5 rings (SSSR count). The van der Waals surface area contributed by atoms with Crippen molar-refractivity contribution in [3.63, 3.8) is 0 Å². The van der Waals surface area contributed by atoms with Crippen LogP contribution in [-0.4, -0.2) is 57.5 Å². The summed E-state index contributed by atoms with van der Waals surface area (Å²) in [6.45, 7) is 0.328. The Morgan fingerprint density at radius 2 is 1.85 bits per heavy atom. The topological polar surface area (TPSA) is 149 Å². The van der Waals surface area contributed by atoms with Crippen molar-refractivity contribution < 1.29 is 19.5 Å². The fourth-order valence-corrected chi connectivity index (χ4v) is 4.85. The summed E-state index contributed by atoms with van der Waals surface area (Å²) in [5.74, 6) is -0.569. The third-order valence-corrected chi connectivity index (χ3v) is 7.06. The van der Waals surface area contributed by atoms with Gasteiger partial charge in [0, 0.05) is 36.1 Å². The van der Waals surface area contributed by atoms with Gasteiger partial charge in [-0.25, -0.2) is 9.78 Å². The number of urea groups is 1. The van der Waals surface area contributed by atoms with Gasteiger partial charge in [-0.1, -0.05) is 23.7 Å². The molecule has 0 aliphatic carbocycles. The van der Waals surface area contributed by atoms with Gasteiger partial charge in [0.25, 0.3) is 0 Å². The van der Waals surface area contributed by atoms with E-state index in [1.165, 1.54) is 4.90 Å². The van der Waals surface area contributed by atoms with Crippen LogP contribution in [0.15, 0.2) is 48.7 Å². The molecule has 0 spiro atoms. The van der Waals surface area contributed by atoms with E-state index in [0.717, 1.165) is 34.6 Å². The number of aromatic nitrogens is 2. The van der Waals surface area contributed by atoms with Crippen LogP contribution in [0.5, 0.6) is 0 Å². The van der Waals surface area contributed by atoms with E-state index < -0.39 is 18.5 Å². The monoisotopic (exact) mass is 549 g/mol. The Labute approximate surface area is 230 Å². The molecule has 0 radical (unpaired) electrons. The molecule has 3 amide bonds. The van der Waals surface area contributed by atoms with Crippen molar-refractivity contribution in [2.75, 3.05) is 35.6 Å². The number of carboxylic acids is 1. The summed E-state index contributed by atoms with van der Waals surface area (Å²) in [5, 5.41) is 21.1. The van der Waals surface area contributed by atoms with E-state index in [4.69, 9.17) is 16.7 Å². The third-order valence-electron chi connectivity index (χ3n) is 6.78. The molecule has 39 heavy (non-hydrogen) atoms. The number of aliphatic carboxylic acids is 1. The Kier molecular flexibility index (Phi) is 7.78. The zero-order valence-corrected chi connectivity index (χ0v) is 21.8. The van der Waals surface area contributed by atoms with Gasteiger partial charge in [-0.2, -0.15) is 4.98 Å². The SMILES string of the molecule is O=C(O)CNC(=O)N1CCC(C(=O)Nc2ccc3cc2CCc2cccc(c2)Nc2ncc(Cl)c(n2)N3)CC1. The van der Waals surface area contributed by atoms with Crippen LogP contribution in [0.3, 0.4) is 0 Å². The number of anilines is 5. The number of rotatable bonds is 4. The van der Waals surface area contributed by atoms with Crippen LogP contribution >= 0.6 is 11.6 Å². The van der Waals surface area contributed by atoms with Gasteiger partial charge >= 0.3 is 12.0 Å². The molecule has 0 atom stereocenters. The molecule has 0 saturated carbocycles. The Hall–Kier alpha value is -4.38. The molecular weight excluding hydrogens is 522 g/mol. The standard InChI is InChI=1S/C27H28ClN7O4/c28-21-14-29-26-32-19-3-1-2-16(12-19)4-5-18-13-20(31-24(21)34-26)6-7-22(18)33-25(38)17-8-10-35(11-9-17)27(39)30-15-23(36)37/h1-3,6-7,12-14,17H,4-5,8-11,15H2,(H,30,39)(H,33,38)(H,36,37)(H2,29,31,32,34). The number of nitrogens with zero attached hydrogens (tertiary/aromatic N) is 3. The number of likely N-dealkylation sites (tertiary alicyclic amines) is 1. The van der Waals surface area contributed by atoms with Gasteiger partial charge in [-0.3, -0.25) is 9.59 Å². The smallest absolute Gasteiger partial charge is 0.323 e. The number of fused-ring (bicyclic) bond motifs is 6. The number of amides is 3. The number of piperidine rings is 1. The number of aryl methyl sites for hydroxylation is 2. The molecule has 0 unspecified atom stereocenters. The van der Waals surface area contributed by atoms with Crippen LogP contribution in [0.4, 0.5) is 33.6 Å². The van der Waals surface area contributed by atoms with E-state index in [0.29, 0.717) is 49.1 Å². The molecular formula is C27H28ClN7O4. The second-order valence-electron chi connectivity index (χ2n) is 9.52. The maximum atomic E-state index is 13.2. The summed E-state index contributed by atoms with van der Waals surface area (Å²) in [7, 11) is 0. The number of carbonyl (C=O) groups is 3. The first kappa shape index (κ1) is 26.2. The molecule has 3 heterocycles. The Morgan fingerprint density at radius 1 is 1.05 bits per heavy atom. The van der Waals surface area contributed by atoms with Crippen molar-refractivity contribution in [1.29, 1.82) is 0 Å². The molecule has 202 valence electrons. The van der Waals surface area contributed by atoms with E-state index in [1.54, 1.807) is 6.20 Å². The molecule has 2 aromatic carbocycles. The van der Waals surface area contributed by atoms with Gasteiger partial charge in [0.2, 0.25) is 11.9 Å². The largest absolute Gasteiger partial charge is 0.480 e. The lowest BCUT2D eigenvalue weighted by molar-refractivity contribution is -0.135. The van der Waals surface area contributed by atoms with E-state index in [-0.39, 0.29) is 11.8 Å². The Bertz CT molecular complexity index is 1410. The molecule has 12 heteroatoms. The molecule has 11 nitrogen and oxygen atoms in total. The van der Waals surface area contributed by atoms with Crippen molar-refractivity contribution >= 4 is 58.3 Å². The Balaban J connectivity index is 1.32. The number of halogens is 1. The lowest BCUT2D eigenvalue weighted by Gasteiger charge is -2.31. The van der Waals surface area contributed by atoms with Crippen LogP contribution in [0.25, 0.3) is 0 Å². The fourth-order valence-electron chi connectivity index (χ4n) is 4.71. The number of carboxylic acid groups (broad SMARTS) is 1. The lowest BCUT2D eigenvalue weighted by Crippen LogP contribution is -2.47. The summed E-state index contributed by atoms with van der Waals surface area (Å²) in [6.07, 6.45) is 3.98. The van der Waals surface area contributed by atoms with E-state index in [2.05, 4.69) is 37.3 Å². The van der Waals surface area contributed by atoms with Gasteiger partial charge in [0.1, 0.15) is 11.6 Å². The number of carbonyl (C=O) groups excluding carboxylic acids is 2. The minimum atomic E-state index is -1.10. The molecule has 2 aliphatic heterocycles. The molecule has 1 aromatic heterocycles. The minimum Gasteiger partial charge on any atom is -0.480 e. The number of nitrogens with one attached hydrogen (secondary N) is 4. The van der Waals surface area contributed by atoms with Gasteiger partial charge in [0.15, 0.2) is 5.82 Å². The zero-order chi connectivity index (χ0) is 27.4. The van der Waals surface area contributed by atoms with Crippen LogP contribution in [-0.2, 0) is 22.4 Å².